The van der Waals surface area contributed by atoms with Gasteiger partial charge in [-0.25, -0.2) is 4.79 Å². The maximum absolute atomic E-state index is 12.2. The van der Waals surface area contributed by atoms with E-state index in [9.17, 15) is 4.79 Å². The van der Waals surface area contributed by atoms with Gasteiger partial charge < -0.3 is 9.64 Å². The molecule has 0 atom stereocenters. The number of esters is 1. The van der Waals surface area contributed by atoms with Crippen LogP contribution in [-0.2, 0) is 24.6 Å². The first kappa shape index (κ1) is 14.1. The number of rotatable bonds is 3. The van der Waals surface area contributed by atoms with Crippen molar-refractivity contribution in [2.75, 3.05) is 25.6 Å². The van der Waals surface area contributed by atoms with Gasteiger partial charge in [-0.1, -0.05) is 0 Å². The van der Waals surface area contributed by atoms with Gasteiger partial charge in [0.25, 0.3) is 0 Å². The Kier molecular flexibility index (Phi) is 3.49. The lowest BCUT2D eigenvalue weighted by molar-refractivity contribution is 0.0531. The molecule has 0 unspecified atom stereocenters. The molecule has 112 valence electrons. The van der Waals surface area contributed by atoms with E-state index in [-0.39, 0.29) is 5.97 Å². The quantitative estimate of drug-likeness (QED) is 0.818. The first-order chi connectivity index (χ1) is 10.0. The summed E-state index contributed by atoms with van der Waals surface area (Å²) in [6, 6.07) is 0. The molecule has 0 bridgehead atoms. The Hall–Kier alpha value is -1.82. The first-order valence-electron chi connectivity index (χ1n) is 7.06. The van der Waals surface area contributed by atoms with Gasteiger partial charge in [-0.05, 0) is 30.9 Å². The molecule has 0 N–H and O–H groups in total. The molecule has 2 heterocycles. The van der Waals surface area contributed by atoms with Gasteiger partial charge >= 0.3 is 5.97 Å². The largest absolute Gasteiger partial charge is 0.462 e. The number of hydrogen-bond acceptors (Lipinski definition) is 5. The smallest absolute Gasteiger partial charge is 0.348 e. The molecule has 1 aliphatic rings. The van der Waals surface area contributed by atoms with Gasteiger partial charge in [0.2, 0.25) is 0 Å². The Morgan fingerprint density at radius 1 is 1.48 bits per heavy atom. The lowest BCUT2D eigenvalue weighted by atomic mass is 9.91. The predicted octanol–water partition coefficient (Wildman–Crippen LogP) is 2.49. The molecular weight excluding hydrogens is 286 g/mol. The van der Waals surface area contributed by atoms with Crippen LogP contribution in [-0.4, -0.2) is 36.5 Å². The molecule has 1 aliphatic carbocycles. The molecule has 21 heavy (non-hydrogen) atoms. The summed E-state index contributed by atoms with van der Waals surface area (Å²) in [7, 11) is 5.96. The molecule has 0 saturated carbocycles. The van der Waals surface area contributed by atoms with Crippen molar-refractivity contribution >= 4 is 22.3 Å². The van der Waals surface area contributed by atoms with Crippen molar-refractivity contribution in [3.63, 3.8) is 0 Å². The van der Waals surface area contributed by atoms with Gasteiger partial charge in [-0.15, -0.1) is 11.3 Å². The number of aromatic nitrogens is 2. The molecular formula is C15H19N3O2S. The maximum atomic E-state index is 12.2. The van der Waals surface area contributed by atoms with Crippen LogP contribution in [0.1, 0.15) is 27.7 Å². The minimum atomic E-state index is -0.211. The molecule has 0 amide bonds. The van der Waals surface area contributed by atoms with Crippen LogP contribution < -0.4 is 4.90 Å². The minimum absolute atomic E-state index is 0.211. The van der Waals surface area contributed by atoms with Gasteiger partial charge in [0.05, 0.1) is 18.5 Å². The van der Waals surface area contributed by atoms with E-state index in [1.54, 1.807) is 0 Å². The number of anilines is 1. The summed E-state index contributed by atoms with van der Waals surface area (Å²) in [6.45, 7) is 2.24. The summed E-state index contributed by atoms with van der Waals surface area (Å²) in [5.41, 5.74) is 4.64. The highest BCUT2D eigenvalue weighted by molar-refractivity contribution is 7.18. The third kappa shape index (κ3) is 2.14. The minimum Gasteiger partial charge on any atom is -0.462 e. The van der Waals surface area contributed by atoms with Crippen LogP contribution in [0.4, 0.5) is 5.00 Å². The monoisotopic (exact) mass is 305 g/mol. The van der Waals surface area contributed by atoms with E-state index >= 15 is 0 Å². The van der Waals surface area contributed by atoms with Crippen molar-refractivity contribution in [1.29, 1.82) is 0 Å². The maximum Gasteiger partial charge on any atom is 0.348 e. The third-order valence-corrected chi connectivity index (χ3v) is 5.13. The summed E-state index contributed by atoms with van der Waals surface area (Å²) in [5.74, 6) is -0.211. The molecule has 2 aromatic rings. The van der Waals surface area contributed by atoms with E-state index < -0.39 is 0 Å². The summed E-state index contributed by atoms with van der Waals surface area (Å²) >= 11 is 1.52. The van der Waals surface area contributed by atoms with Crippen molar-refractivity contribution in [3.05, 3.63) is 22.2 Å². The van der Waals surface area contributed by atoms with Gasteiger partial charge in [-0.3, -0.25) is 4.68 Å². The third-order valence-electron chi connectivity index (χ3n) is 3.75. The number of carbonyl (C=O) groups excluding carboxylic acids is 1. The molecule has 3 rings (SSSR count). The standard InChI is InChI=1S/C15H19N3O2S/c1-5-20-15(19)13-10-7-6-9-8-16-18(4)12(9)11(10)14(21-13)17(2)3/h8H,5-7H2,1-4H3. The summed E-state index contributed by atoms with van der Waals surface area (Å²) in [5, 5.41) is 5.47. The van der Waals surface area contributed by atoms with E-state index in [0.717, 1.165) is 39.5 Å². The number of aryl methyl sites for hydroxylation is 2. The zero-order valence-electron chi connectivity index (χ0n) is 12.8. The van der Waals surface area contributed by atoms with E-state index in [4.69, 9.17) is 4.74 Å². The highest BCUT2D eigenvalue weighted by atomic mass is 32.1. The SMILES string of the molecule is CCOC(=O)c1sc(N(C)C)c2c1CCc1cnn(C)c1-2. The van der Waals surface area contributed by atoms with Crippen molar-refractivity contribution in [2.45, 2.75) is 19.8 Å². The molecule has 0 aliphatic heterocycles. The number of carbonyl (C=O) groups is 1. The second-order valence-corrected chi connectivity index (χ2v) is 6.35. The van der Waals surface area contributed by atoms with Crippen LogP contribution in [0.3, 0.4) is 0 Å². The fourth-order valence-corrected chi connectivity index (χ4v) is 4.03. The zero-order chi connectivity index (χ0) is 15.1. The molecule has 6 heteroatoms. The van der Waals surface area contributed by atoms with Crippen LogP contribution in [0.25, 0.3) is 11.3 Å². The van der Waals surface area contributed by atoms with Crippen molar-refractivity contribution in [1.82, 2.24) is 9.78 Å². The number of ether oxygens (including phenoxy) is 1. The van der Waals surface area contributed by atoms with Gasteiger partial charge in [0, 0.05) is 26.7 Å². The van der Waals surface area contributed by atoms with Crippen molar-refractivity contribution in [2.24, 2.45) is 7.05 Å². The number of thiophene rings is 1. The van der Waals surface area contributed by atoms with Gasteiger partial charge in [0.15, 0.2) is 0 Å². The molecule has 0 saturated heterocycles. The average molecular weight is 305 g/mol. The van der Waals surface area contributed by atoms with Crippen LogP contribution in [0.15, 0.2) is 6.20 Å². The fraction of sp³-hybridized carbons (Fsp3) is 0.467. The Balaban J connectivity index is 2.22. The average Bonchev–Trinajstić information content (AvgIpc) is 3.00. The molecule has 5 nitrogen and oxygen atoms in total. The lowest BCUT2D eigenvalue weighted by Crippen LogP contribution is -2.12. The van der Waals surface area contributed by atoms with Crippen LogP contribution in [0.2, 0.25) is 0 Å². The topological polar surface area (TPSA) is 47.4 Å². The Morgan fingerprint density at radius 3 is 2.90 bits per heavy atom. The number of fused-ring (bicyclic) bond motifs is 3. The van der Waals surface area contributed by atoms with Crippen molar-refractivity contribution < 1.29 is 9.53 Å². The molecule has 0 aromatic carbocycles. The first-order valence-corrected chi connectivity index (χ1v) is 7.87. The van der Waals surface area contributed by atoms with Crippen molar-refractivity contribution in [3.8, 4) is 11.3 Å². The Bertz CT molecular complexity index is 700. The summed E-state index contributed by atoms with van der Waals surface area (Å²) < 4.78 is 7.12. The highest BCUT2D eigenvalue weighted by Crippen LogP contribution is 2.46. The number of hydrogen-bond donors (Lipinski definition) is 0. The normalized spacial score (nSPS) is 12.8. The predicted molar refractivity (Wildman–Crippen MR) is 84.2 cm³/mol. The molecule has 2 aromatic heterocycles. The molecule has 0 fully saturated rings. The highest BCUT2D eigenvalue weighted by Gasteiger charge is 2.31. The second kappa shape index (κ2) is 5.18. The van der Waals surface area contributed by atoms with E-state index in [0.29, 0.717) is 6.61 Å². The van der Waals surface area contributed by atoms with E-state index in [1.165, 1.54) is 16.9 Å². The molecule has 0 spiro atoms. The lowest BCUT2D eigenvalue weighted by Gasteiger charge is -2.19. The van der Waals surface area contributed by atoms with Gasteiger partial charge in [-0.2, -0.15) is 5.10 Å². The van der Waals surface area contributed by atoms with E-state index in [1.807, 2.05) is 38.9 Å². The zero-order valence-corrected chi connectivity index (χ0v) is 13.6. The molecule has 0 radical (unpaired) electrons. The fourth-order valence-electron chi connectivity index (χ4n) is 2.86. The van der Waals surface area contributed by atoms with Crippen LogP contribution in [0, 0.1) is 0 Å². The van der Waals surface area contributed by atoms with Crippen LogP contribution in [0.5, 0.6) is 0 Å². The summed E-state index contributed by atoms with van der Waals surface area (Å²) in [6.07, 6.45) is 3.72. The Morgan fingerprint density at radius 2 is 2.24 bits per heavy atom. The number of nitrogens with zero attached hydrogens (tertiary/aromatic N) is 3. The van der Waals surface area contributed by atoms with E-state index in [2.05, 4.69) is 10.00 Å². The Labute approximate surface area is 128 Å². The second-order valence-electron chi connectivity index (χ2n) is 5.35. The van der Waals surface area contributed by atoms with Gasteiger partial charge in [0.1, 0.15) is 9.88 Å². The summed E-state index contributed by atoms with van der Waals surface area (Å²) in [4.78, 5) is 15.0. The van der Waals surface area contributed by atoms with Crippen LogP contribution >= 0.6 is 11.3 Å².